The van der Waals surface area contributed by atoms with Gasteiger partial charge in [-0.3, -0.25) is 19.3 Å². The Labute approximate surface area is 219 Å². The second kappa shape index (κ2) is 10.8. The number of rotatable bonds is 9. The molecule has 0 spiro atoms. The second-order valence-electron chi connectivity index (χ2n) is 8.72. The van der Waals surface area contributed by atoms with E-state index in [1.807, 2.05) is 0 Å². The van der Waals surface area contributed by atoms with Gasteiger partial charge < -0.3 is 19.5 Å². The van der Waals surface area contributed by atoms with Crippen LogP contribution in [0.4, 0.5) is 0 Å². The van der Waals surface area contributed by atoms with Crippen molar-refractivity contribution in [3.63, 3.8) is 0 Å². The number of hydrogen-bond donors (Lipinski definition) is 1. The molecule has 0 bridgehead atoms. The predicted octanol–water partition coefficient (Wildman–Crippen LogP) is 1.07. The normalized spacial score (nSPS) is 16.8. The number of amides is 3. The van der Waals surface area contributed by atoms with E-state index in [0.29, 0.717) is 10.6 Å². The molecule has 0 unspecified atom stereocenters. The molecule has 1 N–H and O–H groups in total. The number of imide groups is 1. The van der Waals surface area contributed by atoms with Gasteiger partial charge in [-0.2, -0.15) is 4.31 Å². The van der Waals surface area contributed by atoms with Gasteiger partial charge in [-0.05, 0) is 30.7 Å². The van der Waals surface area contributed by atoms with Crippen LogP contribution in [0.5, 0.6) is 11.5 Å². The molecule has 38 heavy (non-hydrogen) atoms. The van der Waals surface area contributed by atoms with E-state index in [1.165, 1.54) is 53.8 Å². The number of ether oxygens (including phenoxy) is 2. The van der Waals surface area contributed by atoms with Crippen LogP contribution in [0, 0.1) is 0 Å². The highest BCUT2D eigenvalue weighted by molar-refractivity contribution is 7.89. The lowest BCUT2D eigenvalue weighted by molar-refractivity contribution is -0.142. The summed E-state index contributed by atoms with van der Waals surface area (Å²) < 4.78 is 37.8. The van der Waals surface area contributed by atoms with Gasteiger partial charge in [0.15, 0.2) is 11.5 Å². The highest BCUT2D eigenvalue weighted by Gasteiger charge is 2.43. The van der Waals surface area contributed by atoms with E-state index in [9.17, 15) is 32.7 Å². The average molecular weight is 546 g/mol. The van der Waals surface area contributed by atoms with Gasteiger partial charge in [0.1, 0.15) is 6.04 Å². The molecular formula is C25H27N3O9S. The number of piperazine rings is 1. The molecular weight excluding hydrogens is 518 g/mol. The summed E-state index contributed by atoms with van der Waals surface area (Å²) in [4.78, 5) is 52.3. The zero-order valence-electron chi connectivity index (χ0n) is 20.8. The van der Waals surface area contributed by atoms with Gasteiger partial charge in [0.2, 0.25) is 15.9 Å². The van der Waals surface area contributed by atoms with Crippen LogP contribution < -0.4 is 9.47 Å². The fourth-order valence-electron chi connectivity index (χ4n) is 4.58. The highest BCUT2D eigenvalue weighted by atomic mass is 32.2. The third-order valence-corrected chi connectivity index (χ3v) is 8.53. The molecule has 2 heterocycles. The van der Waals surface area contributed by atoms with Crippen molar-refractivity contribution in [1.29, 1.82) is 0 Å². The summed E-state index contributed by atoms with van der Waals surface area (Å²) in [5, 5.41) is 9.71. The Morgan fingerprint density at radius 1 is 0.921 bits per heavy atom. The summed E-state index contributed by atoms with van der Waals surface area (Å²) >= 11 is 0. The maximum absolute atomic E-state index is 13.1. The molecule has 2 aliphatic heterocycles. The van der Waals surface area contributed by atoms with E-state index in [1.54, 1.807) is 12.1 Å². The fraction of sp³-hybridized carbons (Fsp3) is 0.360. The SMILES string of the molecule is COc1ccc(S(=O)(=O)N2CCN(C(=O)CC[C@@H](C(=O)O)N3C(=O)c4ccccc4C3=O)CC2)cc1OC. The Hall–Kier alpha value is -3.97. The molecule has 3 amide bonds. The first-order valence-corrected chi connectivity index (χ1v) is 13.2. The maximum Gasteiger partial charge on any atom is 0.326 e. The first-order chi connectivity index (χ1) is 18.1. The Morgan fingerprint density at radius 3 is 2.03 bits per heavy atom. The van der Waals surface area contributed by atoms with Crippen molar-refractivity contribution in [2.24, 2.45) is 0 Å². The minimum Gasteiger partial charge on any atom is -0.493 e. The lowest BCUT2D eigenvalue weighted by Gasteiger charge is -2.34. The van der Waals surface area contributed by atoms with E-state index in [-0.39, 0.29) is 60.8 Å². The minimum atomic E-state index is -3.85. The van der Waals surface area contributed by atoms with Gasteiger partial charge in [0.25, 0.3) is 11.8 Å². The van der Waals surface area contributed by atoms with Crippen LogP contribution in [-0.2, 0) is 19.6 Å². The number of carbonyl (C=O) groups is 4. The van der Waals surface area contributed by atoms with Crippen molar-refractivity contribution in [3.8, 4) is 11.5 Å². The standard InChI is InChI=1S/C25H27N3O9S/c1-36-20-9-7-16(15-21(20)37-2)38(34,35)27-13-11-26(12-14-27)22(29)10-8-19(25(32)33)28-23(30)17-5-3-4-6-18(17)24(28)31/h3-7,9,15,19H,8,10-14H2,1-2H3,(H,32,33)/t19-/m0/s1. The Kier molecular flexibility index (Phi) is 7.69. The van der Waals surface area contributed by atoms with E-state index < -0.39 is 39.8 Å². The highest BCUT2D eigenvalue weighted by Crippen LogP contribution is 2.31. The number of carboxylic acid groups (broad SMARTS) is 1. The van der Waals surface area contributed by atoms with E-state index >= 15 is 0 Å². The fourth-order valence-corrected chi connectivity index (χ4v) is 6.01. The van der Waals surface area contributed by atoms with Crippen LogP contribution in [0.2, 0.25) is 0 Å². The van der Waals surface area contributed by atoms with Gasteiger partial charge in [-0.25, -0.2) is 13.2 Å². The summed E-state index contributed by atoms with van der Waals surface area (Å²) in [7, 11) is -1.00. The number of methoxy groups -OCH3 is 2. The molecule has 0 aromatic heterocycles. The molecule has 2 aromatic carbocycles. The molecule has 4 rings (SSSR count). The number of aliphatic carboxylic acids is 1. The van der Waals surface area contributed by atoms with Crippen LogP contribution in [-0.4, -0.2) is 97.8 Å². The summed E-state index contributed by atoms with van der Waals surface area (Å²) in [6.07, 6.45) is -0.489. The van der Waals surface area contributed by atoms with Crippen LogP contribution in [0.1, 0.15) is 33.6 Å². The van der Waals surface area contributed by atoms with Crippen molar-refractivity contribution in [3.05, 3.63) is 53.6 Å². The second-order valence-corrected chi connectivity index (χ2v) is 10.7. The summed E-state index contributed by atoms with van der Waals surface area (Å²) in [5.41, 5.74) is 0.253. The summed E-state index contributed by atoms with van der Waals surface area (Å²) in [5.74, 6) is -2.54. The van der Waals surface area contributed by atoms with E-state index in [0.717, 1.165) is 0 Å². The minimum absolute atomic E-state index is 0.0279. The lowest BCUT2D eigenvalue weighted by atomic mass is 10.1. The van der Waals surface area contributed by atoms with Gasteiger partial charge >= 0.3 is 5.97 Å². The zero-order valence-corrected chi connectivity index (χ0v) is 21.6. The number of carbonyl (C=O) groups excluding carboxylic acids is 3. The Morgan fingerprint density at radius 2 is 1.50 bits per heavy atom. The van der Waals surface area contributed by atoms with E-state index in [4.69, 9.17) is 9.47 Å². The first kappa shape index (κ1) is 27.1. The molecule has 0 saturated carbocycles. The molecule has 1 saturated heterocycles. The summed E-state index contributed by atoms with van der Waals surface area (Å²) in [6, 6.07) is 8.85. The molecule has 1 atom stereocenters. The number of carboxylic acids is 1. The van der Waals surface area contributed by atoms with Gasteiger partial charge in [0.05, 0.1) is 30.2 Å². The maximum atomic E-state index is 13.1. The molecule has 1 fully saturated rings. The zero-order chi connectivity index (χ0) is 27.6. The third-order valence-electron chi connectivity index (χ3n) is 6.64. The average Bonchev–Trinajstić information content (AvgIpc) is 3.18. The van der Waals surface area contributed by atoms with Crippen molar-refractivity contribution in [2.45, 2.75) is 23.8 Å². The number of nitrogens with zero attached hydrogens (tertiary/aromatic N) is 3. The number of sulfonamides is 1. The van der Waals surface area contributed by atoms with Crippen molar-refractivity contribution >= 4 is 33.7 Å². The first-order valence-electron chi connectivity index (χ1n) is 11.8. The van der Waals surface area contributed by atoms with Crippen molar-refractivity contribution < 1.29 is 42.2 Å². The van der Waals surface area contributed by atoms with Crippen LogP contribution in [0.3, 0.4) is 0 Å². The predicted molar refractivity (Wildman–Crippen MR) is 132 cm³/mol. The van der Waals surface area contributed by atoms with E-state index in [2.05, 4.69) is 0 Å². The largest absolute Gasteiger partial charge is 0.493 e. The van der Waals surface area contributed by atoms with Crippen molar-refractivity contribution in [1.82, 2.24) is 14.1 Å². The van der Waals surface area contributed by atoms with Gasteiger partial charge in [-0.15, -0.1) is 0 Å². The number of fused-ring (bicyclic) bond motifs is 1. The van der Waals surface area contributed by atoms with Crippen LogP contribution >= 0.6 is 0 Å². The molecule has 2 aliphatic rings. The third kappa shape index (κ3) is 4.94. The van der Waals surface area contributed by atoms with Crippen LogP contribution in [0.25, 0.3) is 0 Å². The molecule has 2 aromatic rings. The van der Waals surface area contributed by atoms with Gasteiger partial charge in [-0.1, -0.05) is 12.1 Å². The smallest absolute Gasteiger partial charge is 0.326 e. The molecule has 0 radical (unpaired) electrons. The van der Waals surface area contributed by atoms with Crippen molar-refractivity contribution in [2.75, 3.05) is 40.4 Å². The number of hydrogen-bond acceptors (Lipinski definition) is 8. The summed E-state index contributed by atoms with van der Waals surface area (Å²) in [6.45, 7) is 0.304. The topological polar surface area (TPSA) is 151 Å². The monoisotopic (exact) mass is 545 g/mol. The lowest BCUT2D eigenvalue weighted by Crippen LogP contribution is -2.51. The Bertz CT molecular complexity index is 1350. The quantitative estimate of drug-likeness (QED) is 0.456. The molecule has 202 valence electrons. The molecule has 13 heteroatoms. The number of benzene rings is 2. The van der Waals surface area contributed by atoms with Gasteiger partial charge in [0, 0.05) is 38.7 Å². The van der Waals surface area contributed by atoms with Crippen LogP contribution in [0.15, 0.2) is 47.4 Å². The Balaban J connectivity index is 1.37. The molecule has 0 aliphatic carbocycles. The molecule has 12 nitrogen and oxygen atoms in total.